The highest BCUT2D eigenvalue weighted by Gasteiger charge is 2.40. The van der Waals surface area contributed by atoms with Crippen molar-refractivity contribution in [1.29, 1.82) is 0 Å². The summed E-state index contributed by atoms with van der Waals surface area (Å²) in [6.45, 7) is 0. The van der Waals surface area contributed by atoms with Crippen LogP contribution in [0, 0.1) is 0 Å². The normalized spacial score (nSPS) is 12.7. The van der Waals surface area contributed by atoms with E-state index in [1.807, 2.05) is 140 Å². The maximum Gasteiger partial charge on any atom is 0.416 e. The van der Waals surface area contributed by atoms with Gasteiger partial charge in [0.15, 0.2) is 5.82 Å². The monoisotopic (exact) mass is 1090 g/mol. The second-order valence-corrected chi connectivity index (χ2v) is 21.1. The summed E-state index contributed by atoms with van der Waals surface area (Å²) in [5.41, 5.74) is 12.1. The zero-order valence-corrected chi connectivity index (χ0v) is 44.0. The smallest absolute Gasteiger partial charge is 0.309 e. The van der Waals surface area contributed by atoms with E-state index in [-0.39, 0.29) is 11.1 Å². The van der Waals surface area contributed by atoms with Gasteiger partial charge in [0, 0.05) is 55.5 Å². The summed E-state index contributed by atoms with van der Waals surface area (Å²) in [5.74, 6) is -0.377. The predicted octanol–water partition coefficient (Wildman–Crippen LogP) is 20.2. The molecule has 11 aromatic carbocycles. The summed E-state index contributed by atoms with van der Waals surface area (Å²) < 4.78 is 93.7. The van der Waals surface area contributed by atoms with Crippen LogP contribution < -0.4 is 0 Å². The highest BCUT2D eigenvalue weighted by Crippen LogP contribution is 2.56. The lowest BCUT2D eigenvalue weighted by atomic mass is 9.78. The van der Waals surface area contributed by atoms with Crippen molar-refractivity contribution in [2.24, 2.45) is 0 Å². The number of fused-ring (bicyclic) bond motifs is 9. The quantitative estimate of drug-likeness (QED) is 0.142. The molecular weight excluding hydrogens is 1050 g/mol. The number of benzene rings is 11. The molecular formula is C73H44F6N4. The highest BCUT2D eigenvalue weighted by molar-refractivity contribution is 6.10. The minimum absolute atomic E-state index is 0.0840. The van der Waals surface area contributed by atoms with Crippen molar-refractivity contribution in [3.8, 4) is 78.7 Å². The number of hydrogen-bond acceptors (Lipinski definition) is 2. The molecule has 1 aliphatic carbocycles. The van der Waals surface area contributed by atoms with E-state index in [1.54, 1.807) is 0 Å². The molecule has 14 aromatic rings. The Morgan fingerprint density at radius 3 is 1.10 bits per heavy atom. The second-order valence-electron chi connectivity index (χ2n) is 21.1. The minimum Gasteiger partial charge on any atom is -0.309 e. The van der Waals surface area contributed by atoms with E-state index in [2.05, 4.69) is 94.1 Å². The van der Waals surface area contributed by atoms with Gasteiger partial charge in [0.05, 0.1) is 44.6 Å². The third-order valence-corrected chi connectivity index (χ3v) is 16.3. The average Bonchev–Trinajstić information content (AvgIpc) is 3.97. The Kier molecular flexibility index (Phi) is 11.5. The molecule has 0 spiro atoms. The van der Waals surface area contributed by atoms with Crippen molar-refractivity contribution < 1.29 is 26.3 Å². The van der Waals surface area contributed by atoms with Crippen LogP contribution in [0.2, 0.25) is 0 Å². The molecule has 0 unspecified atom stereocenters. The van der Waals surface area contributed by atoms with E-state index in [9.17, 15) is 26.3 Å². The van der Waals surface area contributed by atoms with Gasteiger partial charge in [-0.1, -0.05) is 170 Å². The number of halogens is 6. The van der Waals surface area contributed by atoms with Crippen LogP contribution in [0.25, 0.3) is 122 Å². The third kappa shape index (κ3) is 8.39. The molecule has 0 saturated carbocycles. The van der Waals surface area contributed by atoms with Gasteiger partial charge in [-0.05, 0) is 141 Å². The van der Waals surface area contributed by atoms with Gasteiger partial charge in [-0.15, -0.1) is 0 Å². The first kappa shape index (κ1) is 49.7. The lowest BCUT2D eigenvalue weighted by Crippen LogP contribution is -2.08. The van der Waals surface area contributed by atoms with Gasteiger partial charge in [-0.25, -0.2) is 9.97 Å². The highest BCUT2D eigenvalue weighted by atomic mass is 19.4. The number of nitrogens with zero attached hydrogens (tertiary/aromatic N) is 4. The molecule has 3 heterocycles. The van der Waals surface area contributed by atoms with Crippen LogP contribution in [0.5, 0.6) is 0 Å². The fourth-order valence-electron chi connectivity index (χ4n) is 12.6. The molecule has 1 aliphatic rings. The lowest BCUT2D eigenvalue weighted by Gasteiger charge is -2.25. The molecule has 0 fully saturated rings. The Morgan fingerprint density at radius 1 is 0.301 bits per heavy atom. The van der Waals surface area contributed by atoms with Crippen LogP contribution in [0.3, 0.4) is 0 Å². The molecule has 10 heteroatoms. The van der Waals surface area contributed by atoms with Gasteiger partial charge in [0.1, 0.15) is 0 Å². The van der Waals surface area contributed by atoms with Crippen LogP contribution in [0.4, 0.5) is 26.3 Å². The summed E-state index contributed by atoms with van der Waals surface area (Å²) in [7, 11) is 0. The van der Waals surface area contributed by atoms with Gasteiger partial charge < -0.3 is 9.13 Å². The maximum absolute atomic E-state index is 14.9. The van der Waals surface area contributed by atoms with Gasteiger partial charge in [0.25, 0.3) is 0 Å². The standard InChI is InChI=1S/C73H44F6N4/c74-72(75,76)49-33-35-57-61(41-49)62-42-50(73(77,78)79)34-36-58(62)69(57)70-59(46-21-15-23-51(37-46)82-65-29-11-7-25-53(65)54-26-8-12-30-66(54)82)39-48(64-43-63(44-17-3-1-4-18-44)80-71(81-64)45-19-5-2-6-20-45)40-60(70)47-22-16-24-52(38-47)83-67-31-13-9-27-55(67)56-28-10-14-32-68(56)83/h1-43,69H. The van der Waals surface area contributed by atoms with Crippen LogP contribution >= 0.6 is 0 Å². The fourth-order valence-corrected chi connectivity index (χ4v) is 12.6. The number of aromatic nitrogens is 4. The fraction of sp³-hybridized carbons (Fsp3) is 0.0411. The van der Waals surface area contributed by atoms with Crippen molar-refractivity contribution in [3.05, 3.63) is 289 Å². The Labute approximate surface area is 472 Å². The maximum atomic E-state index is 14.9. The molecule has 15 rings (SSSR count). The van der Waals surface area contributed by atoms with E-state index in [1.165, 1.54) is 12.1 Å². The lowest BCUT2D eigenvalue weighted by molar-refractivity contribution is -0.138. The van der Waals surface area contributed by atoms with Crippen LogP contribution in [0.15, 0.2) is 261 Å². The molecule has 0 amide bonds. The number of hydrogen-bond donors (Lipinski definition) is 0. The van der Waals surface area contributed by atoms with Crippen LogP contribution in [-0.2, 0) is 12.4 Å². The molecule has 398 valence electrons. The largest absolute Gasteiger partial charge is 0.416 e. The van der Waals surface area contributed by atoms with E-state index in [4.69, 9.17) is 9.97 Å². The summed E-state index contributed by atoms with van der Waals surface area (Å²) in [6.07, 6.45) is -9.55. The van der Waals surface area contributed by atoms with Crippen molar-refractivity contribution in [2.45, 2.75) is 18.3 Å². The topological polar surface area (TPSA) is 35.6 Å². The molecule has 0 aliphatic heterocycles. The Hall–Kier alpha value is -10.3. The Morgan fingerprint density at radius 2 is 0.675 bits per heavy atom. The molecule has 83 heavy (non-hydrogen) atoms. The zero-order chi connectivity index (χ0) is 56.1. The van der Waals surface area contributed by atoms with Gasteiger partial charge in [-0.2, -0.15) is 26.3 Å². The summed E-state index contributed by atoms with van der Waals surface area (Å²) >= 11 is 0. The van der Waals surface area contributed by atoms with Crippen LogP contribution in [0.1, 0.15) is 33.7 Å². The van der Waals surface area contributed by atoms with E-state index in [0.29, 0.717) is 50.6 Å². The first-order valence-electron chi connectivity index (χ1n) is 27.2. The first-order valence-corrected chi connectivity index (χ1v) is 27.2. The number of rotatable bonds is 8. The summed E-state index contributed by atoms with van der Waals surface area (Å²) in [4.78, 5) is 10.5. The van der Waals surface area contributed by atoms with E-state index >= 15 is 0 Å². The number of para-hydroxylation sites is 4. The summed E-state index contributed by atoms with van der Waals surface area (Å²) in [6, 6.07) is 82.2. The van der Waals surface area contributed by atoms with Crippen LogP contribution in [-0.4, -0.2) is 19.1 Å². The second kappa shape index (κ2) is 19.2. The first-order chi connectivity index (χ1) is 40.4. The third-order valence-electron chi connectivity index (χ3n) is 16.3. The molecule has 0 saturated heterocycles. The molecule has 0 bridgehead atoms. The Bertz CT molecular complexity index is 4490. The van der Waals surface area contributed by atoms with Gasteiger partial charge in [0.2, 0.25) is 0 Å². The van der Waals surface area contributed by atoms with Gasteiger partial charge >= 0.3 is 12.4 Å². The predicted molar refractivity (Wildman–Crippen MR) is 321 cm³/mol. The minimum atomic E-state index is -4.78. The van der Waals surface area contributed by atoms with Crippen molar-refractivity contribution in [1.82, 2.24) is 19.1 Å². The molecule has 0 atom stereocenters. The molecule has 3 aromatic heterocycles. The van der Waals surface area contributed by atoms with Crippen molar-refractivity contribution >= 4 is 43.6 Å². The van der Waals surface area contributed by atoms with Gasteiger partial charge in [-0.3, -0.25) is 0 Å². The Balaban J connectivity index is 1.08. The summed E-state index contributed by atoms with van der Waals surface area (Å²) in [5, 5.41) is 4.29. The van der Waals surface area contributed by atoms with Crippen molar-refractivity contribution in [2.75, 3.05) is 0 Å². The molecule has 4 nitrogen and oxygen atoms in total. The molecule has 0 N–H and O–H groups in total. The van der Waals surface area contributed by atoms with E-state index < -0.39 is 29.4 Å². The van der Waals surface area contributed by atoms with Crippen molar-refractivity contribution in [3.63, 3.8) is 0 Å². The number of alkyl halides is 6. The SMILES string of the molecule is FC(F)(F)c1ccc2c(c1)-c1cc(C(F)(F)F)ccc1C2c1c(-c2cccc(-n3c4ccccc4c4ccccc43)c2)cc(-c2cc(-c3ccccc3)nc(-c3ccccc3)n2)cc1-c1cccc(-n2c3ccccc3c3ccccc32)c1. The zero-order valence-electron chi connectivity index (χ0n) is 44.0. The average molecular weight is 1090 g/mol. The molecule has 0 radical (unpaired) electrons. The van der Waals surface area contributed by atoms with E-state index in [0.717, 1.165) is 102 Å².